The second kappa shape index (κ2) is 7.22. The number of carbonyl (C=O) groups is 3. The highest BCUT2D eigenvalue weighted by atomic mass is 16.7. The Balaban J connectivity index is 1.43. The van der Waals surface area contributed by atoms with Gasteiger partial charge >= 0.3 is 6.03 Å². The highest BCUT2D eigenvalue weighted by molar-refractivity contribution is 6.39. The molecule has 5 rings (SSSR count). The van der Waals surface area contributed by atoms with E-state index in [0.29, 0.717) is 22.7 Å². The zero-order valence-electron chi connectivity index (χ0n) is 16.1. The molecule has 0 unspecified atom stereocenters. The topological polar surface area (TPSA) is 88.2 Å². The number of imide groups is 2. The summed E-state index contributed by atoms with van der Waals surface area (Å²) in [5, 5.41) is 2.23. The Labute approximate surface area is 172 Å². The lowest BCUT2D eigenvalue weighted by molar-refractivity contribution is -0.122. The Hall–Kier alpha value is -3.81. The smallest absolute Gasteiger partial charge is 0.335 e. The molecule has 2 aromatic rings. The summed E-state index contributed by atoms with van der Waals surface area (Å²) < 4.78 is 10.6. The minimum atomic E-state index is -0.801. The SMILES string of the molecule is O=C1NC(=O)N(c2ccc3c(c2)OCO3)C(=O)C1=Cc1ccc(N2CCCC2)cc1. The van der Waals surface area contributed by atoms with Crippen molar-refractivity contribution in [1.29, 1.82) is 0 Å². The first-order valence-electron chi connectivity index (χ1n) is 9.76. The Morgan fingerprint density at radius 1 is 0.867 bits per heavy atom. The number of amides is 4. The van der Waals surface area contributed by atoms with Gasteiger partial charge in [-0.15, -0.1) is 0 Å². The van der Waals surface area contributed by atoms with Gasteiger partial charge in [0.25, 0.3) is 11.8 Å². The number of barbiturate groups is 1. The van der Waals surface area contributed by atoms with E-state index in [0.717, 1.165) is 23.7 Å². The predicted molar refractivity (Wildman–Crippen MR) is 109 cm³/mol. The number of anilines is 2. The van der Waals surface area contributed by atoms with Crippen LogP contribution in [-0.2, 0) is 9.59 Å². The second-order valence-electron chi connectivity index (χ2n) is 7.28. The molecule has 2 saturated heterocycles. The van der Waals surface area contributed by atoms with E-state index >= 15 is 0 Å². The first-order chi connectivity index (χ1) is 14.6. The number of benzene rings is 2. The van der Waals surface area contributed by atoms with E-state index in [1.54, 1.807) is 12.1 Å². The summed E-state index contributed by atoms with van der Waals surface area (Å²) in [5.74, 6) is -0.432. The molecule has 0 aliphatic carbocycles. The van der Waals surface area contributed by atoms with Crippen molar-refractivity contribution in [3.63, 3.8) is 0 Å². The zero-order chi connectivity index (χ0) is 20.7. The van der Waals surface area contributed by atoms with Crippen LogP contribution in [0.4, 0.5) is 16.2 Å². The number of nitrogens with one attached hydrogen (secondary N) is 1. The average molecular weight is 405 g/mol. The molecule has 3 heterocycles. The molecule has 8 nitrogen and oxygen atoms in total. The maximum absolute atomic E-state index is 13.0. The van der Waals surface area contributed by atoms with Gasteiger partial charge in [0.1, 0.15) is 5.57 Å². The van der Waals surface area contributed by atoms with Crippen molar-refractivity contribution in [2.24, 2.45) is 0 Å². The van der Waals surface area contributed by atoms with Crippen LogP contribution in [0.1, 0.15) is 18.4 Å². The van der Waals surface area contributed by atoms with Gasteiger partial charge in [-0.2, -0.15) is 0 Å². The molecule has 8 heteroatoms. The number of hydrogen-bond donors (Lipinski definition) is 1. The van der Waals surface area contributed by atoms with E-state index in [1.165, 1.54) is 25.0 Å². The number of ether oxygens (including phenoxy) is 2. The Bertz CT molecular complexity index is 1070. The number of carbonyl (C=O) groups excluding carboxylic acids is 3. The van der Waals surface area contributed by atoms with Gasteiger partial charge < -0.3 is 14.4 Å². The fourth-order valence-corrected chi connectivity index (χ4v) is 3.84. The molecule has 0 aromatic heterocycles. The van der Waals surface area contributed by atoms with Gasteiger partial charge in [0.15, 0.2) is 11.5 Å². The van der Waals surface area contributed by atoms with Crippen LogP contribution in [0.2, 0.25) is 0 Å². The molecule has 1 N–H and O–H groups in total. The van der Waals surface area contributed by atoms with E-state index in [2.05, 4.69) is 10.2 Å². The van der Waals surface area contributed by atoms with Crippen LogP contribution in [0.5, 0.6) is 11.5 Å². The minimum absolute atomic E-state index is 0.0794. The van der Waals surface area contributed by atoms with Crippen molar-refractivity contribution in [2.45, 2.75) is 12.8 Å². The van der Waals surface area contributed by atoms with Crippen LogP contribution in [0, 0.1) is 0 Å². The summed E-state index contributed by atoms with van der Waals surface area (Å²) in [7, 11) is 0. The van der Waals surface area contributed by atoms with E-state index in [9.17, 15) is 14.4 Å². The summed E-state index contributed by atoms with van der Waals surface area (Å²) >= 11 is 0. The maximum Gasteiger partial charge on any atom is 0.335 e. The fraction of sp³-hybridized carbons (Fsp3) is 0.227. The molecule has 0 saturated carbocycles. The molecule has 2 fully saturated rings. The molecule has 3 aliphatic heterocycles. The number of nitrogens with zero attached hydrogens (tertiary/aromatic N) is 2. The van der Waals surface area contributed by atoms with Crippen LogP contribution >= 0.6 is 0 Å². The monoisotopic (exact) mass is 405 g/mol. The van der Waals surface area contributed by atoms with E-state index in [1.807, 2.05) is 24.3 Å². The molecule has 4 amide bonds. The van der Waals surface area contributed by atoms with E-state index < -0.39 is 17.8 Å². The average Bonchev–Trinajstić information content (AvgIpc) is 3.43. The number of fused-ring (bicyclic) bond motifs is 1. The lowest BCUT2D eigenvalue weighted by atomic mass is 10.1. The normalized spacial score (nSPS) is 19.6. The van der Waals surface area contributed by atoms with Crippen LogP contribution in [0.25, 0.3) is 6.08 Å². The van der Waals surface area contributed by atoms with Crippen molar-refractivity contribution < 1.29 is 23.9 Å². The van der Waals surface area contributed by atoms with Gasteiger partial charge in [-0.05, 0) is 48.7 Å². The minimum Gasteiger partial charge on any atom is -0.454 e. The van der Waals surface area contributed by atoms with Crippen molar-refractivity contribution in [2.75, 3.05) is 29.7 Å². The van der Waals surface area contributed by atoms with Crippen LogP contribution in [0.15, 0.2) is 48.0 Å². The van der Waals surface area contributed by atoms with Gasteiger partial charge in [0.05, 0.1) is 5.69 Å². The van der Waals surface area contributed by atoms with Gasteiger partial charge in [-0.3, -0.25) is 14.9 Å². The summed E-state index contributed by atoms with van der Waals surface area (Å²) in [4.78, 5) is 41.0. The molecule has 0 radical (unpaired) electrons. The summed E-state index contributed by atoms with van der Waals surface area (Å²) in [6.45, 7) is 2.15. The Kier molecular flexibility index (Phi) is 4.39. The van der Waals surface area contributed by atoms with Gasteiger partial charge in [0.2, 0.25) is 6.79 Å². The van der Waals surface area contributed by atoms with Gasteiger partial charge in [-0.1, -0.05) is 12.1 Å². The number of rotatable bonds is 3. The van der Waals surface area contributed by atoms with Crippen molar-refractivity contribution in [1.82, 2.24) is 5.32 Å². The largest absolute Gasteiger partial charge is 0.454 e. The molecule has 0 atom stereocenters. The number of hydrogen-bond acceptors (Lipinski definition) is 6. The molecular formula is C22H19N3O5. The predicted octanol–water partition coefficient (Wildman–Crippen LogP) is 2.68. The zero-order valence-corrected chi connectivity index (χ0v) is 16.1. The third-order valence-electron chi connectivity index (χ3n) is 5.39. The van der Waals surface area contributed by atoms with Crippen molar-refractivity contribution >= 4 is 35.3 Å². The van der Waals surface area contributed by atoms with Gasteiger partial charge in [-0.25, -0.2) is 9.69 Å². The highest BCUT2D eigenvalue weighted by Crippen LogP contribution is 2.36. The third-order valence-corrected chi connectivity index (χ3v) is 5.39. The Morgan fingerprint density at radius 3 is 2.33 bits per heavy atom. The molecule has 0 bridgehead atoms. The maximum atomic E-state index is 13.0. The van der Waals surface area contributed by atoms with Crippen LogP contribution in [-0.4, -0.2) is 37.7 Å². The molecular weight excluding hydrogens is 386 g/mol. The van der Waals surface area contributed by atoms with E-state index in [-0.39, 0.29) is 12.4 Å². The third kappa shape index (κ3) is 3.16. The quantitative estimate of drug-likeness (QED) is 0.624. The lowest BCUT2D eigenvalue weighted by Crippen LogP contribution is -2.54. The molecule has 0 spiro atoms. The molecule has 30 heavy (non-hydrogen) atoms. The Morgan fingerprint density at radius 2 is 1.57 bits per heavy atom. The fourth-order valence-electron chi connectivity index (χ4n) is 3.84. The highest BCUT2D eigenvalue weighted by Gasteiger charge is 2.37. The lowest BCUT2D eigenvalue weighted by Gasteiger charge is -2.26. The van der Waals surface area contributed by atoms with Crippen molar-refractivity contribution in [3.05, 3.63) is 53.6 Å². The molecule has 152 valence electrons. The van der Waals surface area contributed by atoms with Crippen molar-refractivity contribution in [3.8, 4) is 11.5 Å². The second-order valence-corrected chi connectivity index (χ2v) is 7.28. The summed E-state index contributed by atoms with van der Waals surface area (Å²) in [6, 6.07) is 11.6. The molecule has 2 aromatic carbocycles. The van der Waals surface area contributed by atoms with Crippen LogP contribution in [0.3, 0.4) is 0 Å². The van der Waals surface area contributed by atoms with Gasteiger partial charge in [0, 0.05) is 24.8 Å². The first-order valence-corrected chi connectivity index (χ1v) is 9.76. The van der Waals surface area contributed by atoms with Crippen LogP contribution < -0.4 is 24.6 Å². The summed E-state index contributed by atoms with van der Waals surface area (Å²) in [5.41, 5.74) is 2.01. The molecule has 3 aliphatic rings. The standard InChI is InChI=1S/C22H19N3O5/c26-20-17(11-14-3-5-15(6-4-14)24-9-1-2-10-24)21(27)25(22(28)23-20)16-7-8-18-19(12-16)30-13-29-18/h3-8,11-12H,1-2,9-10,13H2,(H,23,26,28). The first kappa shape index (κ1) is 18.2. The summed E-state index contributed by atoms with van der Waals surface area (Å²) in [6.07, 6.45) is 3.87. The number of urea groups is 1. The van der Waals surface area contributed by atoms with E-state index in [4.69, 9.17) is 9.47 Å².